The van der Waals surface area contributed by atoms with Gasteiger partial charge in [0.1, 0.15) is 0 Å². The highest BCUT2D eigenvalue weighted by Crippen LogP contribution is 1.92. The fraction of sp³-hybridized carbons (Fsp3) is 0.571. The molecule has 0 unspecified atom stereocenters. The Hall–Kier alpha value is -2.23. The van der Waals surface area contributed by atoms with Gasteiger partial charge in [0.25, 0.3) is 5.95 Å². The van der Waals surface area contributed by atoms with Crippen molar-refractivity contribution >= 4 is 17.9 Å². The molecule has 0 aliphatic rings. The van der Waals surface area contributed by atoms with Gasteiger partial charge < -0.3 is 15.5 Å². The summed E-state index contributed by atoms with van der Waals surface area (Å²) in [6.07, 6.45) is -1.58. The second-order valence-electron chi connectivity index (χ2n) is 3.13. The lowest BCUT2D eigenvalue weighted by molar-refractivity contribution is -0.146. The van der Waals surface area contributed by atoms with Gasteiger partial charge in [0.2, 0.25) is 0 Å². The van der Waals surface area contributed by atoms with Crippen LogP contribution in [0.25, 0.3) is 0 Å². The number of hydrogen-bond acceptors (Lipinski definition) is 6. The summed E-state index contributed by atoms with van der Waals surface area (Å²) in [5, 5.41) is 32.6. The molecule has 10 heteroatoms. The molecule has 0 radical (unpaired) electrons. The van der Waals surface area contributed by atoms with Crippen molar-refractivity contribution in [3.05, 3.63) is 0 Å². The Morgan fingerprint density at radius 2 is 2.24 bits per heavy atom. The monoisotopic (exact) mass is 244 g/mol. The number of aliphatic carboxylic acids is 1. The summed E-state index contributed by atoms with van der Waals surface area (Å²) >= 11 is 0. The minimum Gasteiger partial charge on any atom is -0.479 e. The number of carbonyl (C=O) groups excluding carboxylic acids is 1. The maximum Gasteiger partial charge on any atom is 0.332 e. The van der Waals surface area contributed by atoms with E-state index in [1.165, 1.54) is 4.80 Å². The fourth-order valence-corrected chi connectivity index (χ4v) is 0.926. The lowest BCUT2D eigenvalue weighted by Gasteiger charge is -2.06. The molecular formula is C7H12N6O4. The highest BCUT2D eigenvalue weighted by molar-refractivity contribution is 5.87. The molecule has 0 saturated carbocycles. The number of urea groups is 1. The Bertz CT molecular complexity index is 405. The third kappa shape index (κ3) is 4.42. The number of aliphatic hydroxyl groups excluding tert-OH is 1. The summed E-state index contributed by atoms with van der Waals surface area (Å²) in [6.45, 7) is 0.0135. The largest absolute Gasteiger partial charge is 0.479 e. The SMILES string of the molecule is Cn1nnc(NC(=O)NCC[C@H](O)C(=O)O)n1. The number of tetrazole rings is 1. The molecule has 0 aliphatic heterocycles. The lowest BCUT2D eigenvalue weighted by Crippen LogP contribution is -2.33. The number of carboxylic acids is 1. The van der Waals surface area contributed by atoms with Crippen molar-refractivity contribution in [1.82, 2.24) is 25.5 Å². The first-order valence-electron chi connectivity index (χ1n) is 4.68. The number of anilines is 1. The predicted octanol–water partition coefficient (Wildman–Crippen LogP) is -1.83. The summed E-state index contributed by atoms with van der Waals surface area (Å²) in [5.74, 6) is -1.30. The summed E-state index contributed by atoms with van der Waals surface area (Å²) in [5.41, 5.74) is 0. The molecule has 1 aromatic heterocycles. The summed E-state index contributed by atoms with van der Waals surface area (Å²) < 4.78 is 0. The van der Waals surface area contributed by atoms with Crippen LogP contribution in [0, 0.1) is 0 Å². The van der Waals surface area contributed by atoms with Gasteiger partial charge in [-0.15, -0.1) is 5.10 Å². The van der Waals surface area contributed by atoms with Crippen LogP contribution in [-0.4, -0.2) is 55.1 Å². The first kappa shape index (κ1) is 12.8. The molecule has 94 valence electrons. The van der Waals surface area contributed by atoms with Gasteiger partial charge in [-0.25, -0.2) is 9.59 Å². The Kier molecular flexibility index (Phi) is 4.34. The highest BCUT2D eigenvalue weighted by Gasteiger charge is 2.13. The van der Waals surface area contributed by atoms with Gasteiger partial charge in [0.05, 0.1) is 7.05 Å². The van der Waals surface area contributed by atoms with Crippen molar-refractivity contribution in [3.63, 3.8) is 0 Å². The van der Waals surface area contributed by atoms with Crippen molar-refractivity contribution in [1.29, 1.82) is 0 Å². The quantitative estimate of drug-likeness (QED) is 0.477. The number of aliphatic hydroxyl groups is 1. The van der Waals surface area contributed by atoms with E-state index in [1.807, 2.05) is 0 Å². The first-order valence-corrected chi connectivity index (χ1v) is 4.68. The Morgan fingerprint density at radius 3 is 2.76 bits per heavy atom. The van der Waals surface area contributed by atoms with E-state index in [9.17, 15) is 9.59 Å². The van der Waals surface area contributed by atoms with Crippen LogP contribution >= 0.6 is 0 Å². The van der Waals surface area contributed by atoms with Crippen LogP contribution in [0.3, 0.4) is 0 Å². The molecule has 10 nitrogen and oxygen atoms in total. The summed E-state index contributed by atoms with van der Waals surface area (Å²) in [4.78, 5) is 22.6. The number of nitrogens with zero attached hydrogens (tertiary/aromatic N) is 4. The predicted molar refractivity (Wildman–Crippen MR) is 54.1 cm³/mol. The number of amides is 2. The first-order chi connectivity index (χ1) is 7.99. The minimum atomic E-state index is -1.50. The smallest absolute Gasteiger partial charge is 0.332 e. The van der Waals surface area contributed by atoms with Crippen LogP contribution in [-0.2, 0) is 11.8 Å². The van der Waals surface area contributed by atoms with Crippen molar-refractivity contribution in [2.24, 2.45) is 7.05 Å². The molecule has 0 fully saturated rings. The van der Waals surface area contributed by atoms with E-state index in [2.05, 4.69) is 26.0 Å². The third-order valence-electron chi connectivity index (χ3n) is 1.72. The molecule has 17 heavy (non-hydrogen) atoms. The molecular weight excluding hydrogens is 232 g/mol. The van der Waals surface area contributed by atoms with Gasteiger partial charge in [-0.2, -0.15) is 4.80 Å². The summed E-state index contributed by atoms with van der Waals surface area (Å²) in [6, 6.07) is -0.601. The number of rotatable bonds is 5. The number of nitrogens with one attached hydrogen (secondary N) is 2. The van der Waals surface area contributed by atoms with Gasteiger partial charge in [-0.3, -0.25) is 5.32 Å². The standard InChI is InChI=1S/C7H12N6O4/c1-13-11-6(10-12-13)9-7(17)8-3-2-4(14)5(15)16/h4,14H,2-3H2,1H3,(H,15,16)(H2,8,9,11,17)/t4-/m0/s1. The van der Waals surface area contributed by atoms with Gasteiger partial charge in [-0.1, -0.05) is 5.10 Å². The number of aryl methyl sites for hydroxylation is 1. The molecule has 1 rings (SSSR count). The van der Waals surface area contributed by atoms with E-state index < -0.39 is 18.1 Å². The van der Waals surface area contributed by atoms with Crippen LogP contribution in [0.1, 0.15) is 6.42 Å². The highest BCUT2D eigenvalue weighted by atomic mass is 16.4. The van der Waals surface area contributed by atoms with Gasteiger partial charge in [0, 0.05) is 13.0 Å². The van der Waals surface area contributed by atoms with Gasteiger partial charge in [-0.05, 0) is 5.21 Å². The maximum absolute atomic E-state index is 11.2. The van der Waals surface area contributed by atoms with Crippen molar-refractivity contribution in [3.8, 4) is 0 Å². The van der Waals surface area contributed by atoms with E-state index in [0.717, 1.165) is 0 Å². The van der Waals surface area contributed by atoms with Crippen LogP contribution in [0.5, 0.6) is 0 Å². The van der Waals surface area contributed by atoms with Gasteiger partial charge >= 0.3 is 12.0 Å². The Morgan fingerprint density at radius 1 is 1.53 bits per heavy atom. The lowest BCUT2D eigenvalue weighted by atomic mass is 10.2. The molecule has 0 bridgehead atoms. The van der Waals surface area contributed by atoms with E-state index >= 15 is 0 Å². The third-order valence-corrected chi connectivity index (χ3v) is 1.72. The zero-order valence-corrected chi connectivity index (χ0v) is 8.99. The molecule has 1 atom stereocenters. The Balaban J connectivity index is 2.24. The molecule has 2 amide bonds. The second-order valence-corrected chi connectivity index (χ2v) is 3.13. The molecule has 0 spiro atoms. The van der Waals surface area contributed by atoms with Crippen LogP contribution < -0.4 is 10.6 Å². The van der Waals surface area contributed by atoms with Crippen LogP contribution in [0.2, 0.25) is 0 Å². The number of carbonyl (C=O) groups is 2. The molecule has 1 aromatic rings. The average molecular weight is 244 g/mol. The van der Waals surface area contributed by atoms with Crippen molar-refractivity contribution in [2.75, 3.05) is 11.9 Å². The molecule has 0 aromatic carbocycles. The van der Waals surface area contributed by atoms with Crippen molar-refractivity contribution < 1.29 is 19.8 Å². The fourth-order valence-electron chi connectivity index (χ4n) is 0.926. The van der Waals surface area contributed by atoms with Gasteiger partial charge in [0.15, 0.2) is 6.10 Å². The summed E-state index contributed by atoms with van der Waals surface area (Å²) in [7, 11) is 1.54. The van der Waals surface area contributed by atoms with E-state index in [0.29, 0.717) is 0 Å². The number of hydrogen-bond donors (Lipinski definition) is 4. The van der Waals surface area contributed by atoms with E-state index in [4.69, 9.17) is 10.2 Å². The topological polar surface area (TPSA) is 142 Å². The molecule has 4 N–H and O–H groups in total. The minimum absolute atomic E-state index is 0.0135. The van der Waals surface area contributed by atoms with E-state index in [-0.39, 0.29) is 18.9 Å². The van der Waals surface area contributed by atoms with Crippen LogP contribution in [0.4, 0.5) is 10.7 Å². The number of aromatic nitrogens is 4. The molecule has 1 heterocycles. The molecule has 0 saturated heterocycles. The zero-order chi connectivity index (χ0) is 12.8. The van der Waals surface area contributed by atoms with Crippen LogP contribution in [0.15, 0.2) is 0 Å². The normalized spacial score (nSPS) is 11.9. The molecule has 0 aliphatic carbocycles. The zero-order valence-electron chi connectivity index (χ0n) is 8.99. The maximum atomic E-state index is 11.2. The number of carboxylic acid groups (broad SMARTS) is 1. The second kappa shape index (κ2) is 5.75. The average Bonchev–Trinajstić information content (AvgIpc) is 2.63. The van der Waals surface area contributed by atoms with Crippen molar-refractivity contribution in [2.45, 2.75) is 12.5 Å². The van der Waals surface area contributed by atoms with E-state index in [1.54, 1.807) is 7.05 Å². The Labute approximate surface area is 95.6 Å².